The van der Waals surface area contributed by atoms with Gasteiger partial charge in [-0.3, -0.25) is 4.90 Å². The molecule has 9 nitrogen and oxygen atoms in total. The van der Waals surface area contributed by atoms with Crippen molar-refractivity contribution in [2.75, 3.05) is 50.8 Å². The second-order valence-electron chi connectivity index (χ2n) is 14.5. The van der Waals surface area contributed by atoms with Crippen LogP contribution < -0.4 is 15.0 Å². The number of aromatic hydroxyl groups is 1. The van der Waals surface area contributed by atoms with Crippen LogP contribution in [0, 0.1) is 34.2 Å². The van der Waals surface area contributed by atoms with Gasteiger partial charge in [0.05, 0.1) is 30.4 Å². The van der Waals surface area contributed by atoms with Crippen molar-refractivity contribution in [2.24, 2.45) is 5.41 Å². The Morgan fingerprint density at radius 1 is 1.04 bits per heavy atom. The smallest absolute Gasteiger partial charge is 0.319 e. The Morgan fingerprint density at radius 3 is 2.56 bits per heavy atom. The zero-order valence-corrected chi connectivity index (χ0v) is 26.4. The molecule has 1 aromatic heterocycles. The highest BCUT2D eigenvalue weighted by molar-refractivity contribution is 6.03. The molecule has 2 atom stereocenters. The summed E-state index contributed by atoms with van der Waals surface area (Å²) in [4.78, 5) is 14.0. The summed E-state index contributed by atoms with van der Waals surface area (Å²) < 4.78 is 59.1. The summed E-state index contributed by atoms with van der Waals surface area (Å²) in [5.74, 6) is -3.02. The first-order chi connectivity index (χ1) is 23.2. The zero-order chi connectivity index (χ0) is 32.8. The van der Waals surface area contributed by atoms with Crippen LogP contribution in [0.1, 0.15) is 44.1 Å². The van der Waals surface area contributed by atoms with Crippen LogP contribution in [0.15, 0.2) is 30.3 Å². The molecule has 5 fully saturated rings. The fourth-order valence-electron chi connectivity index (χ4n) is 8.11. The third-order valence-electron chi connectivity index (χ3n) is 10.9. The van der Waals surface area contributed by atoms with Crippen LogP contribution in [0.2, 0.25) is 0 Å². The van der Waals surface area contributed by atoms with Crippen LogP contribution in [-0.4, -0.2) is 83.6 Å². The Morgan fingerprint density at radius 2 is 1.83 bits per heavy atom. The van der Waals surface area contributed by atoms with Crippen LogP contribution in [-0.2, 0) is 4.74 Å². The molecule has 248 valence electrons. The van der Waals surface area contributed by atoms with Crippen molar-refractivity contribution in [3.8, 4) is 29.0 Å². The Kier molecular flexibility index (Phi) is 6.81. The van der Waals surface area contributed by atoms with Crippen LogP contribution in [0.5, 0.6) is 11.8 Å². The SMILES string of the molecule is N#Cc1cc2c(N3CC4CCC(C3)N4)nc(OCC3(CN4CCOC5(CC5)C4)CC3)nc2c(F)c1-c1cc(O)cc2ccc(F)c(F)c12. The van der Waals surface area contributed by atoms with Crippen LogP contribution in [0.3, 0.4) is 0 Å². The number of benzene rings is 3. The average Bonchev–Trinajstić information content (AvgIpc) is 4.00. The first-order valence-corrected chi connectivity index (χ1v) is 16.8. The lowest BCUT2D eigenvalue weighted by atomic mass is 9.92. The highest BCUT2D eigenvalue weighted by atomic mass is 19.2. The molecule has 3 aromatic carbocycles. The predicted molar refractivity (Wildman–Crippen MR) is 172 cm³/mol. The van der Waals surface area contributed by atoms with Crippen molar-refractivity contribution in [2.45, 2.75) is 56.2 Å². The van der Waals surface area contributed by atoms with Gasteiger partial charge in [-0.05, 0) is 68.2 Å². The van der Waals surface area contributed by atoms with E-state index in [-0.39, 0.29) is 67.8 Å². The molecule has 4 heterocycles. The van der Waals surface area contributed by atoms with E-state index in [1.54, 1.807) is 0 Å². The van der Waals surface area contributed by atoms with Gasteiger partial charge in [0.25, 0.3) is 0 Å². The maximum absolute atomic E-state index is 17.0. The van der Waals surface area contributed by atoms with E-state index < -0.39 is 17.5 Å². The summed E-state index contributed by atoms with van der Waals surface area (Å²) in [6, 6.07) is 8.78. The quantitative estimate of drug-likeness (QED) is 0.270. The second-order valence-corrected chi connectivity index (χ2v) is 14.5. The van der Waals surface area contributed by atoms with E-state index in [1.165, 1.54) is 18.2 Å². The van der Waals surface area contributed by atoms with E-state index in [0.717, 1.165) is 76.9 Å². The molecular formula is C36H35F3N6O3. The number of anilines is 1. The van der Waals surface area contributed by atoms with Crippen molar-refractivity contribution in [3.05, 3.63) is 53.3 Å². The van der Waals surface area contributed by atoms with Gasteiger partial charge in [-0.15, -0.1) is 0 Å². The largest absolute Gasteiger partial charge is 0.508 e. The van der Waals surface area contributed by atoms with Gasteiger partial charge in [-0.1, -0.05) is 6.07 Å². The van der Waals surface area contributed by atoms with E-state index in [4.69, 9.17) is 14.5 Å². The monoisotopic (exact) mass is 656 g/mol. The van der Waals surface area contributed by atoms with Crippen molar-refractivity contribution in [3.63, 3.8) is 0 Å². The number of hydrogen-bond donors (Lipinski definition) is 2. The number of nitrogens with one attached hydrogen (secondary N) is 1. The number of nitriles is 1. The lowest BCUT2D eigenvalue weighted by Crippen LogP contribution is -2.51. The topological polar surface area (TPSA) is 107 Å². The van der Waals surface area contributed by atoms with Gasteiger partial charge in [-0.2, -0.15) is 15.2 Å². The van der Waals surface area contributed by atoms with Gasteiger partial charge in [0, 0.05) is 72.1 Å². The van der Waals surface area contributed by atoms with Crippen molar-refractivity contribution >= 4 is 27.5 Å². The molecule has 0 amide bonds. The van der Waals surface area contributed by atoms with Gasteiger partial charge in [-0.25, -0.2) is 13.2 Å². The molecule has 2 bridgehead atoms. The number of phenols is 1. The van der Waals surface area contributed by atoms with E-state index in [2.05, 4.69) is 26.2 Å². The van der Waals surface area contributed by atoms with Crippen molar-refractivity contribution in [1.82, 2.24) is 20.2 Å². The van der Waals surface area contributed by atoms with Crippen LogP contribution >= 0.6 is 0 Å². The predicted octanol–water partition coefficient (Wildman–Crippen LogP) is 5.41. The minimum absolute atomic E-state index is 0.0291. The molecule has 4 aromatic rings. The van der Waals surface area contributed by atoms with Gasteiger partial charge in [0.1, 0.15) is 17.1 Å². The fourth-order valence-corrected chi connectivity index (χ4v) is 8.11. The molecule has 48 heavy (non-hydrogen) atoms. The minimum atomic E-state index is -1.20. The number of nitrogens with zero attached hydrogens (tertiary/aromatic N) is 5. The standard InChI is InChI=1S/C36H35F3N6O3/c37-27-4-1-20-11-24(46)13-25(28(20)30(27)38)29-21(14-40)12-26-32(31(29)39)42-34(43-33(26)45-15-22-2-3-23(16-45)41-22)47-19-35(5-6-35)17-44-9-10-48-36(18-44)7-8-36/h1,4,11-13,22-23,41,46H,2-3,5-10,15-19H2. The van der Waals surface area contributed by atoms with Gasteiger partial charge >= 0.3 is 6.01 Å². The molecular weight excluding hydrogens is 621 g/mol. The summed E-state index contributed by atoms with van der Waals surface area (Å²) in [7, 11) is 0. The summed E-state index contributed by atoms with van der Waals surface area (Å²) >= 11 is 0. The molecule has 5 aliphatic rings. The molecule has 3 saturated heterocycles. The highest BCUT2D eigenvalue weighted by Crippen LogP contribution is 2.49. The third kappa shape index (κ3) is 5.11. The number of aromatic nitrogens is 2. The van der Waals surface area contributed by atoms with Gasteiger partial charge < -0.3 is 24.8 Å². The van der Waals surface area contributed by atoms with Gasteiger partial charge in [0.15, 0.2) is 17.5 Å². The van der Waals surface area contributed by atoms with Crippen molar-refractivity contribution < 1.29 is 27.8 Å². The lowest BCUT2D eigenvalue weighted by molar-refractivity contribution is -0.0532. The maximum atomic E-state index is 17.0. The number of fused-ring (bicyclic) bond motifs is 4. The molecule has 2 unspecified atom stereocenters. The average molecular weight is 657 g/mol. The Hall–Kier alpha value is -4.18. The number of halogens is 3. The molecule has 2 N–H and O–H groups in total. The Bertz CT molecular complexity index is 2010. The summed E-state index contributed by atoms with van der Waals surface area (Å²) in [5.41, 5.74) is -0.624. The summed E-state index contributed by atoms with van der Waals surface area (Å²) in [6.45, 7) is 5.11. The number of piperazine rings is 1. The Labute approximate surface area is 275 Å². The van der Waals surface area contributed by atoms with Crippen LogP contribution in [0.25, 0.3) is 32.8 Å². The summed E-state index contributed by atoms with van der Waals surface area (Å²) in [5, 5.41) is 24.7. The van der Waals surface area contributed by atoms with E-state index in [1.807, 2.05) is 0 Å². The fraction of sp³-hybridized carbons (Fsp3) is 0.472. The Balaban J connectivity index is 1.14. The zero-order valence-electron chi connectivity index (χ0n) is 26.4. The van der Waals surface area contributed by atoms with Crippen LogP contribution in [0.4, 0.5) is 19.0 Å². The van der Waals surface area contributed by atoms with E-state index in [9.17, 15) is 14.8 Å². The second kappa shape index (κ2) is 10.9. The normalized spacial score (nSPS) is 23.9. The number of morpholine rings is 1. The number of hydrogen-bond acceptors (Lipinski definition) is 9. The van der Waals surface area contributed by atoms with E-state index >= 15 is 8.78 Å². The first-order valence-electron chi connectivity index (χ1n) is 16.8. The molecule has 1 spiro atoms. The van der Waals surface area contributed by atoms with Crippen molar-refractivity contribution in [1.29, 1.82) is 5.26 Å². The van der Waals surface area contributed by atoms with E-state index in [0.29, 0.717) is 30.9 Å². The maximum Gasteiger partial charge on any atom is 0.319 e. The molecule has 0 radical (unpaired) electrons. The minimum Gasteiger partial charge on any atom is -0.508 e. The van der Waals surface area contributed by atoms with Gasteiger partial charge in [0.2, 0.25) is 0 Å². The molecule has 12 heteroatoms. The number of ether oxygens (including phenoxy) is 2. The molecule has 9 rings (SSSR count). The molecule has 2 saturated carbocycles. The molecule has 3 aliphatic heterocycles. The third-order valence-corrected chi connectivity index (χ3v) is 10.9. The number of rotatable bonds is 7. The first kappa shape index (κ1) is 29.9. The highest BCUT2D eigenvalue weighted by Gasteiger charge is 2.51. The number of phenolic OH excluding ortho intramolecular Hbond substituents is 1. The lowest BCUT2D eigenvalue weighted by Gasteiger charge is -2.35. The summed E-state index contributed by atoms with van der Waals surface area (Å²) in [6.07, 6.45) is 6.28. The molecule has 2 aliphatic carbocycles.